The minimum atomic E-state index is -0.207. The average Bonchev–Trinajstić information content (AvgIpc) is 3.12. The Morgan fingerprint density at radius 2 is 1.04 bits per heavy atom. The number of hydrogen-bond acceptors (Lipinski definition) is 2. The first-order chi connectivity index (χ1) is 25.5. The molecule has 0 aromatic heterocycles. The van der Waals surface area contributed by atoms with Gasteiger partial charge in [-0.1, -0.05) is 148 Å². The van der Waals surface area contributed by atoms with E-state index in [-0.39, 0.29) is 28.5 Å². The number of anilines is 5. The highest BCUT2D eigenvalue weighted by atomic mass is 15.2. The third-order valence-corrected chi connectivity index (χ3v) is 13.3. The summed E-state index contributed by atoms with van der Waals surface area (Å²) in [6.45, 7) is 26.3. The smallest absolute Gasteiger partial charge is 0.329 e. The molecule has 0 bridgehead atoms. The molecule has 268 valence electrons. The van der Waals surface area contributed by atoms with Crippen LogP contribution in [-0.2, 0) is 21.7 Å². The fourth-order valence-electron chi connectivity index (χ4n) is 10.2. The second kappa shape index (κ2) is 10.6. The largest absolute Gasteiger partial charge is 0.375 e. The molecule has 0 fully saturated rings. The summed E-state index contributed by atoms with van der Waals surface area (Å²) in [5, 5.41) is 0. The van der Waals surface area contributed by atoms with Crippen LogP contribution >= 0.6 is 0 Å². The first kappa shape index (κ1) is 33.5. The molecule has 6 aromatic carbocycles. The average molecular weight is 703 g/mol. The predicted octanol–water partition coefficient (Wildman–Crippen LogP) is 12.2. The van der Waals surface area contributed by atoms with E-state index in [1.54, 1.807) is 0 Å². The van der Waals surface area contributed by atoms with Crippen LogP contribution in [0.3, 0.4) is 0 Å². The summed E-state index contributed by atoms with van der Waals surface area (Å²) < 4.78 is 0. The molecule has 0 N–H and O–H groups in total. The van der Waals surface area contributed by atoms with Crippen LogP contribution in [0.15, 0.2) is 109 Å². The van der Waals surface area contributed by atoms with E-state index in [0.717, 1.165) is 0 Å². The highest BCUT2D eigenvalue weighted by Gasteiger charge is 2.51. The van der Waals surface area contributed by atoms with E-state index < -0.39 is 0 Å². The normalized spacial score (nSPS) is 16.6. The lowest BCUT2D eigenvalue weighted by Crippen LogP contribution is -2.62. The molecule has 10 rings (SSSR count). The quantitative estimate of drug-likeness (QED) is 0.157. The molecule has 4 heterocycles. The lowest BCUT2D eigenvalue weighted by molar-refractivity contribution is 0.574. The van der Waals surface area contributed by atoms with Crippen LogP contribution in [0.5, 0.6) is 0 Å². The Bertz CT molecular complexity index is 2590. The Kier molecular flexibility index (Phi) is 6.58. The lowest BCUT2D eigenvalue weighted by Gasteiger charge is -2.53. The summed E-state index contributed by atoms with van der Waals surface area (Å²) in [6, 6.07) is 42.6. The topological polar surface area (TPSA) is 6.48 Å². The Morgan fingerprint density at radius 3 is 1.65 bits per heavy atom. The van der Waals surface area contributed by atoms with Crippen molar-refractivity contribution in [2.75, 3.05) is 9.71 Å². The molecule has 6 aromatic rings. The van der Waals surface area contributed by atoms with E-state index in [4.69, 9.17) is 0 Å². The van der Waals surface area contributed by atoms with E-state index in [2.05, 4.69) is 195 Å². The molecule has 3 heteroatoms. The summed E-state index contributed by atoms with van der Waals surface area (Å²) >= 11 is 0. The van der Waals surface area contributed by atoms with Crippen LogP contribution in [0.4, 0.5) is 28.4 Å². The second-order valence-electron chi connectivity index (χ2n) is 19.6. The Balaban J connectivity index is 1.37. The van der Waals surface area contributed by atoms with Gasteiger partial charge in [0.15, 0.2) is 0 Å². The van der Waals surface area contributed by atoms with E-state index in [0.29, 0.717) is 0 Å². The van der Waals surface area contributed by atoms with Crippen LogP contribution in [0.2, 0.25) is 0 Å². The van der Waals surface area contributed by atoms with Crippen molar-refractivity contribution in [3.05, 3.63) is 148 Å². The van der Waals surface area contributed by atoms with Gasteiger partial charge >= 0.3 is 6.85 Å². The zero-order valence-corrected chi connectivity index (χ0v) is 33.9. The highest BCUT2D eigenvalue weighted by molar-refractivity contribution is 6.92. The third-order valence-electron chi connectivity index (χ3n) is 13.3. The maximum Gasteiger partial charge on any atom is 0.329 e. The molecule has 0 unspecified atom stereocenters. The highest BCUT2D eigenvalue weighted by Crippen LogP contribution is 2.61. The van der Waals surface area contributed by atoms with Gasteiger partial charge in [0.1, 0.15) is 0 Å². The van der Waals surface area contributed by atoms with E-state index in [9.17, 15) is 0 Å². The van der Waals surface area contributed by atoms with E-state index in [1.165, 1.54) is 101 Å². The van der Waals surface area contributed by atoms with Crippen molar-refractivity contribution in [2.24, 2.45) is 0 Å². The van der Waals surface area contributed by atoms with Crippen molar-refractivity contribution < 1.29 is 0 Å². The van der Waals surface area contributed by atoms with Crippen molar-refractivity contribution >= 4 is 46.2 Å². The van der Waals surface area contributed by atoms with E-state index in [1.807, 2.05) is 0 Å². The second-order valence-corrected chi connectivity index (χ2v) is 19.6. The number of nitrogens with zero attached hydrogens (tertiary/aromatic N) is 2. The zero-order chi connectivity index (χ0) is 37.9. The van der Waals surface area contributed by atoms with Crippen LogP contribution < -0.4 is 20.6 Å². The van der Waals surface area contributed by atoms with Gasteiger partial charge in [-0.2, -0.15) is 0 Å². The molecule has 4 aliphatic heterocycles. The van der Waals surface area contributed by atoms with Crippen LogP contribution in [0.1, 0.15) is 108 Å². The van der Waals surface area contributed by atoms with Gasteiger partial charge in [-0.05, 0) is 110 Å². The van der Waals surface area contributed by atoms with Gasteiger partial charge < -0.3 is 9.71 Å². The molecule has 2 nitrogen and oxygen atoms in total. The minimum Gasteiger partial charge on any atom is -0.375 e. The van der Waals surface area contributed by atoms with Gasteiger partial charge in [-0.25, -0.2) is 0 Å². The van der Waals surface area contributed by atoms with Gasteiger partial charge in [0, 0.05) is 39.0 Å². The van der Waals surface area contributed by atoms with Crippen LogP contribution in [-0.4, -0.2) is 6.85 Å². The molecule has 0 spiro atoms. The lowest BCUT2D eigenvalue weighted by atomic mass is 9.41. The van der Waals surface area contributed by atoms with E-state index >= 15 is 0 Å². The number of para-hydroxylation sites is 2. The molecular formula is C51H51BN2. The molecular weight excluding hydrogens is 651 g/mol. The van der Waals surface area contributed by atoms with Crippen molar-refractivity contribution in [1.29, 1.82) is 0 Å². The van der Waals surface area contributed by atoms with Crippen molar-refractivity contribution in [3.63, 3.8) is 0 Å². The molecule has 0 saturated heterocycles. The SMILES string of the molecule is Cc1ccc2c(c1)-c1cc(C(C)(C)C)cc3c1N1B2c2cc4c(cc2-c2cc(C(C)(C)C)cc(c21)C3(C)C)N(c1ccccc1)c1ccccc1C4(C)C. The number of rotatable bonds is 1. The molecule has 0 amide bonds. The molecule has 0 aliphatic carbocycles. The molecule has 0 saturated carbocycles. The first-order valence-corrected chi connectivity index (χ1v) is 19.9. The van der Waals surface area contributed by atoms with Crippen LogP contribution in [0.25, 0.3) is 22.3 Å². The monoisotopic (exact) mass is 702 g/mol. The molecule has 0 radical (unpaired) electrons. The number of fused-ring (bicyclic) bond motifs is 8. The van der Waals surface area contributed by atoms with Crippen LogP contribution in [0, 0.1) is 6.92 Å². The fraction of sp³-hybridized carbons (Fsp3) is 0.294. The fourth-order valence-corrected chi connectivity index (χ4v) is 10.2. The Morgan fingerprint density at radius 1 is 0.481 bits per heavy atom. The molecule has 54 heavy (non-hydrogen) atoms. The summed E-state index contributed by atoms with van der Waals surface area (Å²) in [6.07, 6.45) is 0. The van der Waals surface area contributed by atoms with Crippen molar-refractivity contribution in [2.45, 2.75) is 97.8 Å². The summed E-state index contributed by atoms with van der Waals surface area (Å²) in [5.74, 6) is 0. The van der Waals surface area contributed by atoms with Gasteiger partial charge in [-0.3, -0.25) is 0 Å². The molecule has 4 aliphatic rings. The van der Waals surface area contributed by atoms with Crippen molar-refractivity contribution in [3.8, 4) is 22.3 Å². The summed E-state index contributed by atoms with van der Waals surface area (Å²) in [4.78, 5) is 5.30. The maximum atomic E-state index is 2.78. The van der Waals surface area contributed by atoms with Crippen molar-refractivity contribution in [1.82, 2.24) is 0 Å². The summed E-state index contributed by atoms with van der Waals surface area (Å²) in [7, 11) is 0. The molecule has 0 atom stereocenters. The number of aryl methyl sites for hydroxylation is 1. The maximum absolute atomic E-state index is 2.78. The van der Waals surface area contributed by atoms with Gasteiger partial charge in [0.2, 0.25) is 0 Å². The third kappa shape index (κ3) is 4.36. The first-order valence-electron chi connectivity index (χ1n) is 19.9. The van der Waals surface area contributed by atoms with Gasteiger partial charge in [0.05, 0.1) is 11.4 Å². The zero-order valence-electron chi connectivity index (χ0n) is 33.9. The van der Waals surface area contributed by atoms with Gasteiger partial charge in [-0.15, -0.1) is 0 Å². The Labute approximate surface area is 323 Å². The van der Waals surface area contributed by atoms with Gasteiger partial charge in [0.25, 0.3) is 0 Å². The predicted molar refractivity (Wildman–Crippen MR) is 232 cm³/mol. The standard InChI is InChI=1S/C51H51BN2/c1-30-21-22-42-34(23-30)36-24-31(48(2,3)4)26-40-46(36)54-47-37(25-32(49(5,6)7)27-41(47)51(40,10)11)35-28-45-39(29-43(35)52(42)54)50(8,9)38-19-15-16-20-44(38)53(45)33-17-13-12-14-18-33/h12-29H,1-11H3. The Hall–Kier alpha value is -5.02. The minimum absolute atomic E-state index is 0.0151. The number of hydrogen-bond donors (Lipinski definition) is 0. The number of benzene rings is 6. The summed E-state index contributed by atoms with van der Waals surface area (Å²) in [5.41, 5.74) is 24.1.